The minimum Gasteiger partial charge on any atom is -0.396 e. The highest BCUT2D eigenvalue weighted by molar-refractivity contribution is 9.10. The van der Waals surface area contributed by atoms with E-state index < -0.39 is 0 Å². The molecule has 4 heteroatoms. The molecule has 2 rings (SSSR count). The van der Waals surface area contributed by atoms with Gasteiger partial charge in [0.15, 0.2) is 5.65 Å². The largest absolute Gasteiger partial charge is 0.396 e. The van der Waals surface area contributed by atoms with E-state index in [0.29, 0.717) is 11.6 Å². The van der Waals surface area contributed by atoms with Gasteiger partial charge >= 0.3 is 0 Å². The number of aromatic nitrogens is 2. The van der Waals surface area contributed by atoms with Gasteiger partial charge in [-0.05, 0) is 34.0 Å². The molecule has 0 aromatic carbocycles. The second-order valence-corrected chi connectivity index (χ2v) is 4.35. The van der Waals surface area contributed by atoms with Gasteiger partial charge in [0, 0.05) is 6.20 Å². The van der Waals surface area contributed by atoms with Gasteiger partial charge in [0.25, 0.3) is 0 Å². The number of hydrogen-bond donors (Lipinski definition) is 1. The first-order valence-electron chi connectivity index (χ1n) is 4.53. The maximum atomic E-state index is 5.83. The average Bonchev–Trinajstić information content (AvgIpc) is 2.46. The Hall–Kier alpha value is -1.03. The zero-order chi connectivity index (χ0) is 10.3. The van der Waals surface area contributed by atoms with E-state index in [0.717, 1.165) is 15.9 Å². The average molecular weight is 254 g/mol. The highest BCUT2D eigenvalue weighted by Gasteiger charge is 2.13. The molecule has 0 amide bonds. The van der Waals surface area contributed by atoms with Crippen LogP contribution >= 0.6 is 15.9 Å². The number of fused-ring (bicyclic) bond motifs is 1. The van der Waals surface area contributed by atoms with E-state index in [1.165, 1.54) is 0 Å². The van der Waals surface area contributed by atoms with E-state index in [4.69, 9.17) is 5.73 Å². The van der Waals surface area contributed by atoms with Crippen LogP contribution in [-0.4, -0.2) is 9.38 Å². The fourth-order valence-corrected chi connectivity index (χ4v) is 2.28. The van der Waals surface area contributed by atoms with Gasteiger partial charge in [0.1, 0.15) is 4.60 Å². The third-order valence-electron chi connectivity index (χ3n) is 2.19. The van der Waals surface area contributed by atoms with Crippen LogP contribution in [0.1, 0.15) is 25.5 Å². The lowest BCUT2D eigenvalue weighted by atomic mass is 10.2. The van der Waals surface area contributed by atoms with Gasteiger partial charge in [-0.2, -0.15) is 0 Å². The molecule has 0 unspecified atom stereocenters. The zero-order valence-electron chi connectivity index (χ0n) is 8.16. The van der Waals surface area contributed by atoms with Gasteiger partial charge in [-0.15, -0.1) is 0 Å². The number of nitrogens with two attached hydrogens (primary N) is 1. The number of nitrogens with zero attached hydrogens (tertiary/aromatic N) is 2. The fourth-order valence-electron chi connectivity index (χ4n) is 1.44. The summed E-state index contributed by atoms with van der Waals surface area (Å²) in [4.78, 5) is 4.50. The third-order valence-corrected chi connectivity index (χ3v) is 2.98. The molecule has 0 radical (unpaired) electrons. The predicted octanol–water partition coefficient (Wildman–Crippen LogP) is 2.80. The maximum Gasteiger partial charge on any atom is 0.161 e. The van der Waals surface area contributed by atoms with Crippen molar-refractivity contribution in [1.29, 1.82) is 0 Å². The van der Waals surface area contributed by atoms with Crippen LogP contribution in [0.3, 0.4) is 0 Å². The Balaban J connectivity index is 2.80. The van der Waals surface area contributed by atoms with Crippen molar-refractivity contribution < 1.29 is 0 Å². The van der Waals surface area contributed by atoms with Crippen molar-refractivity contribution >= 4 is 27.3 Å². The Morgan fingerprint density at radius 2 is 2.21 bits per heavy atom. The molecular weight excluding hydrogens is 242 g/mol. The van der Waals surface area contributed by atoms with E-state index in [1.54, 1.807) is 0 Å². The maximum absolute atomic E-state index is 5.83. The standard InChI is InChI=1S/C10H12BrN3/c1-6(2)8-9(11)14-5-3-4-7(12)10(14)13-8/h3-6H,12H2,1-2H3. The van der Waals surface area contributed by atoms with Crippen molar-refractivity contribution in [2.24, 2.45) is 0 Å². The molecule has 74 valence electrons. The van der Waals surface area contributed by atoms with Crippen molar-refractivity contribution in [2.75, 3.05) is 5.73 Å². The molecular formula is C10H12BrN3. The molecule has 0 fully saturated rings. The number of imidazole rings is 1. The summed E-state index contributed by atoms with van der Waals surface area (Å²) in [5.74, 6) is 0.392. The Labute approximate surface area is 91.1 Å². The summed E-state index contributed by atoms with van der Waals surface area (Å²) < 4.78 is 2.96. The zero-order valence-corrected chi connectivity index (χ0v) is 9.75. The summed E-state index contributed by atoms with van der Waals surface area (Å²) in [6, 6.07) is 3.78. The Kier molecular flexibility index (Phi) is 2.23. The van der Waals surface area contributed by atoms with Crippen LogP contribution in [0.15, 0.2) is 22.9 Å². The predicted molar refractivity (Wildman–Crippen MR) is 61.4 cm³/mol. The highest BCUT2D eigenvalue weighted by Crippen LogP contribution is 2.27. The molecule has 2 heterocycles. The first kappa shape index (κ1) is 9.52. The molecule has 0 atom stereocenters. The number of nitrogen functional groups attached to an aromatic ring is 1. The van der Waals surface area contributed by atoms with Crippen molar-refractivity contribution in [3.8, 4) is 0 Å². The van der Waals surface area contributed by atoms with Crippen molar-refractivity contribution in [1.82, 2.24) is 9.38 Å². The number of anilines is 1. The second-order valence-electron chi connectivity index (χ2n) is 3.60. The molecule has 3 nitrogen and oxygen atoms in total. The van der Waals surface area contributed by atoms with E-state index in [1.807, 2.05) is 22.7 Å². The molecule has 0 aliphatic carbocycles. The topological polar surface area (TPSA) is 43.3 Å². The van der Waals surface area contributed by atoms with Crippen LogP contribution in [0, 0.1) is 0 Å². The minimum atomic E-state index is 0.392. The number of halogens is 1. The third kappa shape index (κ3) is 1.30. The molecule has 0 saturated heterocycles. The first-order valence-corrected chi connectivity index (χ1v) is 5.32. The lowest BCUT2D eigenvalue weighted by molar-refractivity contribution is 0.826. The van der Waals surface area contributed by atoms with Crippen LogP contribution < -0.4 is 5.73 Å². The number of hydrogen-bond acceptors (Lipinski definition) is 2. The van der Waals surface area contributed by atoms with Crippen LogP contribution in [-0.2, 0) is 0 Å². The van der Waals surface area contributed by atoms with Gasteiger partial charge in [0.05, 0.1) is 11.4 Å². The van der Waals surface area contributed by atoms with Crippen LogP contribution in [0.4, 0.5) is 5.69 Å². The number of pyridine rings is 1. The van der Waals surface area contributed by atoms with Crippen molar-refractivity contribution in [3.05, 3.63) is 28.6 Å². The van der Waals surface area contributed by atoms with Gasteiger partial charge < -0.3 is 5.73 Å². The molecule has 14 heavy (non-hydrogen) atoms. The van der Waals surface area contributed by atoms with Gasteiger partial charge in [-0.1, -0.05) is 13.8 Å². The molecule has 0 spiro atoms. The lowest BCUT2D eigenvalue weighted by Crippen LogP contribution is -1.91. The highest BCUT2D eigenvalue weighted by atomic mass is 79.9. The summed E-state index contributed by atoms with van der Waals surface area (Å²) in [5.41, 5.74) is 8.41. The Morgan fingerprint density at radius 3 is 2.79 bits per heavy atom. The van der Waals surface area contributed by atoms with Gasteiger partial charge in [-0.25, -0.2) is 4.98 Å². The summed E-state index contributed by atoms with van der Waals surface area (Å²) in [7, 11) is 0. The summed E-state index contributed by atoms with van der Waals surface area (Å²) in [6.45, 7) is 4.23. The van der Waals surface area contributed by atoms with Gasteiger partial charge in [-0.3, -0.25) is 4.40 Å². The number of rotatable bonds is 1. The quantitative estimate of drug-likeness (QED) is 0.850. The van der Waals surface area contributed by atoms with E-state index >= 15 is 0 Å². The monoisotopic (exact) mass is 253 g/mol. The first-order chi connectivity index (χ1) is 6.61. The summed E-state index contributed by atoms with van der Waals surface area (Å²) >= 11 is 3.53. The molecule has 2 N–H and O–H groups in total. The van der Waals surface area contributed by atoms with E-state index in [9.17, 15) is 0 Å². The molecule has 2 aromatic heterocycles. The smallest absolute Gasteiger partial charge is 0.161 e. The molecule has 0 saturated carbocycles. The lowest BCUT2D eigenvalue weighted by Gasteiger charge is -1.99. The molecule has 0 aliphatic rings. The molecule has 0 bridgehead atoms. The minimum absolute atomic E-state index is 0.392. The van der Waals surface area contributed by atoms with E-state index in [2.05, 4.69) is 34.8 Å². The van der Waals surface area contributed by atoms with Crippen molar-refractivity contribution in [3.63, 3.8) is 0 Å². The Morgan fingerprint density at radius 1 is 1.50 bits per heavy atom. The molecule has 2 aromatic rings. The summed E-state index contributed by atoms with van der Waals surface area (Å²) in [5, 5.41) is 0. The van der Waals surface area contributed by atoms with Crippen LogP contribution in [0.2, 0.25) is 0 Å². The van der Waals surface area contributed by atoms with Crippen LogP contribution in [0.25, 0.3) is 5.65 Å². The van der Waals surface area contributed by atoms with E-state index in [-0.39, 0.29) is 0 Å². The Bertz CT molecular complexity index is 473. The molecule has 0 aliphatic heterocycles. The van der Waals surface area contributed by atoms with Gasteiger partial charge in [0.2, 0.25) is 0 Å². The summed E-state index contributed by atoms with van der Waals surface area (Å²) in [6.07, 6.45) is 1.95. The van der Waals surface area contributed by atoms with Crippen molar-refractivity contribution in [2.45, 2.75) is 19.8 Å². The fraction of sp³-hybridized carbons (Fsp3) is 0.300. The SMILES string of the molecule is CC(C)c1nc2c(N)cccn2c1Br. The van der Waals surface area contributed by atoms with Crippen LogP contribution in [0.5, 0.6) is 0 Å². The normalized spacial score (nSPS) is 11.4. The second kappa shape index (κ2) is 3.28.